The average Bonchev–Trinajstić information content (AvgIpc) is 2.18. The maximum Gasteiger partial charge on any atom is 0.432 e. The van der Waals surface area contributed by atoms with Crippen molar-refractivity contribution >= 4 is 7.69 Å². The van der Waals surface area contributed by atoms with Crippen LogP contribution < -0.4 is 9.47 Å². The molecule has 0 aromatic heterocycles. The number of methoxy groups -OCH3 is 2. The monoisotopic (exact) mass is 202 g/mol. The Morgan fingerprint density at radius 1 is 1.07 bits per heavy atom. The van der Waals surface area contributed by atoms with E-state index in [0.29, 0.717) is 11.5 Å². The van der Waals surface area contributed by atoms with E-state index < -0.39 is 7.69 Å². The number of hydrogen-bond donors (Lipinski definition) is 2. The molecule has 0 spiro atoms. The third-order valence-electron chi connectivity index (χ3n) is 1.32. The molecule has 0 saturated heterocycles. The van der Waals surface area contributed by atoms with E-state index in [1.807, 2.05) is 0 Å². The quantitative estimate of drug-likeness (QED) is 0.666. The highest BCUT2D eigenvalue weighted by Gasteiger charge is 1.99. The zero-order chi connectivity index (χ0) is 11.0. The van der Waals surface area contributed by atoms with Crippen molar-refractivity contribution in [1.29, 1.82) is 0 Å². The Morgan fingerprint density at radius 2 is 1.43 bits per heavy atom. The van der Waals surface area contributed by atoms with Gasteiger partial charge < -0.3 is 19.5 Å². The van der Waals surface area contributed by atoms with Crippen molar-refractivity contribution in [1.82, 2.24) is 0 Å². The summed E-state index contributed by atoms with van der Waals surface area (Å²) in [7, 11) is 2.21. The molecule has 0 radical (unpaired) electrons. The van der Waals surface area contributed by atoms with Crippen molar-refractivity contribution in [3.63, 3.8) is 0 Å². The van der Waals surface area contributed by atoms with Gasteiger partial charge in [0, 0.05) is 18.2 Å². The molecule has 0 bridgehead atoms. The molecular formula is C8H12BFO4. The number of halogens is 1. The van der Waals surface area contributed by atoms with Crippen LogP contribution in [0.5, 0.6) is 11.5 Å². The number of rotatable bonds is 2. The molecule has 0 aliphatic heterocycles. The van der Waals surface area contributed by atoms with E-state index in [0.717, 1.165) is 0 Å². The summed E-state index contributed by atoms with van der Waals surface area (Å²) >= 11 is 0. The van der Waals surface area contributed by atoms with Gasteiger partial charge in [-0.3, -0.25) is 0 Å². The van der Waals surface area contributed by atoms with E-state index in [4.69, 9.17) is 19.5 Å². The zero-order valence-corrected chi connectivity index (χ0v) is 8.03. The van der Waals surface area contributed by atoms with Gasteiger partial charge in [-0.2, -0.15) is 0 Å². The minimum atomic E-state index is -0.750. The van der Waals surface area contributed by atoms with Gasteiger partial charge in [-0.05, 0) is 0 Å². The van der Waals surface area contributed by atoms with E-state index in [9.17, 15) is 4.39 Å². The molecule has 0 atom stereocenters. The van der Waals surface area contributed by atoms with E-state index in [1.165, 1.54) is 26.4 Å². The normalized spacial score (nSPS) is 8.36. The summed E-state index contributed by atoms with van der Waals surface area (Å²) in [6.07, 6.45) is 0. The van der Waals surface area contributed by atoms with Crippen LogP contribution in [0, 0.1) is 5.82 Å². The van der Waals surface area contributed by atoms with Crippen LogP contribution in [0.3, 0.4) is 0 Å². The van der Waals surface area contributed by atoms with Gasteiger partial charge in [0.15, 0.2) is 0 Å². The molecule has 0 heterocycles. The second kappa shape index (κ2) is 7.17. The van der Waals surface area contributed by atoms with Crippen molar-refractivity contribution in [2.45, 2.75) is 0 Å². The highest BCUT2D eigenvalue weighted by molar-refractivity contribution is 6.13. The Kier molecular flexibility index (Phi) is 6.52. The summed E-state index contributed by atoms with van der Waals surface area (Å²) in [4.78, 5) is 0. The number of benzene rings is 1. The van der Waals surface area contributed by atoms with Crippen molar-refractivity contribution in [2.24, 2.45) is 0 Å². The first-order valence-corrected chi connectivity index (χ1v) is 3.78. The Morgan fingerprint density at radius 3 is 1.71 bits per heavy atom. The molecule has 1 aromatic carbocycles. The third kappa shape index (κ3) is 4.69. The Labute approximate surface area is 82.2 Å². The van der Waals surface area contributed by atoms with Crippen molar-refractivity contribution in [3.05, 3.63) is 24.0 Å². The van der Waals surface area contributed by atoms with Crippen LogP contribution in [-0.2, 0) is 0 Å². The maximum absolute atomic E-state index is 12.6. The van der Waals surface area contributed by atoms with E-state index >= 15 is 0 Å². The van der Waals surface area contributed by atoms with Crippen molar-refractivity contribution < 1.29 is 23.9 Å². The van der Waals surface area contributed by atoms with Gasteiger partial charge in [-0.15, -0.1) is 0 Å². The van der Waals surface area contributed by atoms with Crippen LogP contribution in [0.2, 0.25) is 0 Å². The lowest BCUT2D eigenvalue weighted by molar-refractivity contribution is 0.388. The molecule has 0 amide bonds. The first kappa shape index (κ1) is 12.7. The van der Waals surface area contributed by atoms with Crippen LogP contribution in [0.25, 0.3) is 0 Å². The Hall–Kier alpha value is -1.27. The van der Waals surface area contributed by atoms with Crippen LogP contribution in [-0.4, -0.2) is 32.0 Å². The van der Waals surface area contributed by atoms with Gasteiger partial charge in [0.2, 0.25) is 0 Å². The van der Waals surface area contributed by atoms with Crippen molar-refractivity contribution in [3.8, 4) is 11.5 Å². The Bertz CT molecular complexity index is 247. The summed E-state index contributed by atoms with van der Waals surface area (Å²) < 4.78 is 22.3. The highest BCUT2D eigenvalue weighted by atomic mass is 19.1. The molecule has 0 saturated carbocycles. The SMILES string of the molecule is COc1cc(F)cc(OC)c1.OBO. The molecule has 1 rings (SSSR count). The fourth-order valence-electron chi connectivity index (χ4n) is 0.773. The van der Waals surface area contributed by atoms with E-state index in [2.05, 4.69) is 0 Å². The minimum absolute atomic E-state index is 0.360. The summed E-state index contributed by atoms with van der Waals surface area (Å²) in [6, 6.07) is 4.20. The zero-order valence-electron chi connectivity index (χ0n) is 8.03. The first-order chi connectivity index (χ1) is 6.67. The molecule has 14 heavy (non-hydrogen) atoms. The van der Waals surface area contributed by atoms with Gasteiger partial charge in [-0.25, -0.2) is 4.39 Å². The fourth-order valence-corrected chi connectivity index (χ4v) is 0.773. The van der Waals surface area contributed by atoms with Gasteiger partial charge in [-0.1, -0.05) is 0 Å². The molecule has 0 aliphatic rings. The summed E-state index contributed by atoms with van der Waals surface area (Å²) in [5.41, 5.74) is 0. The molecule has 78 valence electrons. The summed E-state index contributed by atoms with van der Waals surface area (Å²) in [5, 5.41) is 14.2. The molecule has 0 unspecified atom stereocenters. The predicted molar refractivity (Wildman–Crippen MR) is 51.1 cm³/mol. The molecule has 6 heteroatoms. The molecule has 0 fully saturated rings. The van der Waals surface area contributed by atoms with Gasteiger partial charge >= 0.3 is 7.69 Å². The number of hydrogen-bond acceptors (Lipinski definition) is 4. The average molecular weight is 202 g/mol. The lowest BCUT2D eigenvalue weighted by Gasteiger charge is -2.02. The van der Waals surface area contributed by atoms with E-state index in [-0.39, 0.29) is 5.82 Å². The van der Waals surface area contributed by atoms with Crippen LogP contribution in [0.4, 0.5) is 4.39 Å². The fraction of sp³-hybridized carbons (Fsp3) is 0.250. The second-order valence-electron chi connectivity index (χ2n) is 2.17. The molecule has 4 nitrogen and oxygen atoms in total. The summed E-state index contributed by atoms with van der Waals surface area (Å²) in [6.45, 7) is 0. The number of ether oxygens (including phenoxy) is 2. The molecular weight excluding hydrogens is 190 g/mol. The van der Waals surface area contributed by atoms with E-state index in [1.54, 1.807) is 6.07 Å². The first-order valence-electron chi connectivity index (χ1n) is 3.78. The third-order valence-corrected chi connectivity index (χ3v) is 1.32. The standard InChI is InChI=1S/C8H9FO2.BH3O2/c1-10-7-3-6(9)4-8(5-7)11-2;2-1-3/h3-5H,1-2H3;1-3H. The summed E-state index contributed by atoms with van der Waals surface area (Å²) in [5.74, 6) is 0.560. The lowest BCUT2D eigenvalue weighted by Crippen LogP contribution is -1.88. The smallest absolute Gasteiger partial charge is 0.432 e. The van der Waals surface area contributed by atoms with Gasteiger partial charge in [0.05, 0.1) is 14.2 Å². The van der Waals surface area contributed by atoms with Crippen LogP contribution >= 0.6 is 0 Å². The Balaban J connectivity index is 0.000000500. The molecule has 0 aliphatic carbocycles. The lowest BCUT2D eigenvalue weighted by atomic mass is 10.3. The second-order valence-corrected chi connectivity index (χ2v) is 2.17. The van der Waals surface area contributed by atoms with Gasteiger partial charge in [0.25, 0.3) is 0 Å². The minimum Gasteiger partial charge on any atom is -0.497 e. The van der Waals surface area contributed by atoms with Crippen molar-refractivity contribution in [2.75, 3.05) is 14.2 Å². The predicted octanol–water partition coefficient (Wildman–Crippen LogP) is 0.0804. The molecule has 2 N–H and O–H groups in total. The topological polar surface area (TPSA) is 58.9 Å². The maximum atomic E-state index is 12.6. The highest BCUT2D eigenvalue weighted by Crippen LogP contribution is 2.20. The largest absolute Gasteiger partial charge is 0.497 e. The van der Waals surface area contributed by atoms with Crippen LogP contribution in [0.1, 0.15) is 0 Å². The van der Waals surface area contributed by atoms with Crippen LogP contribution in [0.15, 0.2) is 18.2 Å². The van der Waals surface area contributed by atoms with Gasteiger partial charge in [0.1, 0.15) is 17.3 Å². The molecule has 1 aromatic rings.